The van der Waals surface area contributed by atoms with Gasteiger partial charge in [0.2, 0.25) is 5.91 Å². The number of rotatable bonds is 1. The Kier molecular flexibility index (Phi) is 4.08. The van der Waals surface area contributed by atoms with Crippen LogP contribution in [0.2, 0.25) is 0 Å². The van der Waals surface area contributed by atoms with Crippen LogP contribution in [0.4, 0.5) is 24.5 Å². The molecule has 2 aromatic carbocycles. The van der Waals surface area contributed by atoms with Gasteiger partial charge in [0.15, 0.2) is 0 Å². The third-order valence-corrected chi connectivity index (χ3v) is 4.06. The molecule has 2 amide bonds. The summed E-state index contributed by atoms with van der Waals surface area (Å²) in [7, 11) is 0. The maximum Gasteiger partial charge on any atom is 0.416 e. The van der Waals surface area contributed by atoms with E-state index in [1.807, 2.05) is 0 Å². The number of fused-ring (bicyclic) bond motifs is 1. The first-order valence-corrected chi connectivity index (χ1v) is 7.63. The summed E-state index contributed by atoms with van der Waals surface area (Å²) in [5, 5.41) is 2.38. The third-order valence-electron chi connectivity index (χ3n) is 3.53. The number of carbonyl (C=O) groups is 2. The molecule has 0 fully saturated rings. The van der Waals surface area contributed by atoms with Crippen molar-refractivity contribution in [2.45, 2.75) is 6.18 Å². The first-order chi connectivity index (χ1) is 11.3. The molecule has 4 nitrogen and oxygen atoms in total. The Morgan fingerprint density at radius 2 is 1.79 bits per heavy atom. The summed E-state index contributed by atoms with van der Waals surface area (Å²) in [4.78, 5) is 25.6. The number of alkyl halides is 3. The van der Waals surface area contributed by atoms with Gasteiger partial charge in [-0.1, -0.05) is 15.9 Å². The molecule has 0 radical (unpaired) electrons. The van der Waals surface area contributed by atoms with Crippen molar-refractivity contribution in [3.05, 3.63) is 58.1 Å². The largest absolute Gasteiger partial charge is 0.416 e. The second-order valence-electron chi connectivity index (χ2n) is 5.18. The molecule has 0 aliphatic carbocycles. The monoisotopic (exact) mass is 398 g/mol. The summed E-state index contributed by atoms with van der Waals surface area (Å²) in [5.74, 6) is -1.01. The second-order valence-corrected chi connectivity index (χ2v) is 6.09. The zero-order chi connectivity index (χ0) is 17.5. The molecule has 2 aromatic rings. The summed E-state index contributed by atoms with van der Waals surface area (Å²) < 4.78 is 39.2. The molecular weight excluding hydrogens is 389 g/mol. The number of amides is 2. The molecule has 0 unspecified atom stereocenters. The number of hydrogen-bond donors (Lipinski definition) is 1. The summed E-state index contributed by atoms with van der Waals surface area (Å²) >= 11 is 3.26. The molecule has 1 heterocycles. The van der Waals surface area contributed by atoms with Gasteiger partial charge in [0, 0.05) is 10.0 Å². The van der Waals surface area contributed by atoms with E-state index >= 15 is 0 Å². The fourth-order valence-corrected chi connectivity index (χ4v) is 2.66. The Labute approximate surface area is 143 Å². The molecule has 124 valence electrons. The minimum atomic E-state index is -4.53. The van der Waals surface area contributed by atoms with Crippen LogP contribution >= 0.6 is 15.9 Å². The normalized spacial score (nSPS) is 14.2. The van der Waals surface area contributed by atoms with E-state index in [1.165, 1.54) is 6.07 Å². The second kappa shape index (κ2) is 5.94. The highest BCUT2D eigenvalue weighted by molar-refractivity contribution is 9.10. The van der Waals surface area contributed by atoms with Crippen molar-refractivity contribution in [3.63, 3.8) is 0 Å². The van der Waals surface area contributed by atoms with Gasteiger partial charge in [0.25, 0.3) is 5.91 Å². The lowest BCUT2D eigenvalue weighted by atomic mass is 10.1. The van der Waals surface area contributed by atoms with Crippen LogP contribution in [0.25, 0.3) is 0 Å². The summed E-state index contributed by atoms with van der Waals surface area (Å²) in [5.41, 5.74) is -0.361. The fraction of sp³-hybridized carbons (Fsp3) is 0.125. The Morgan fingerprint density at radius 1 is 1.12 bits per heavy atom. The SMILES string of the molecule is O=C1CN(C(=O)c2ccc(Br)cc2)c2ccc(C(F)(F)F)cc2N1. The molecule has 8 heteroatoms. The minimum Gasteiger partial charge on any atom is -0.323 e. The molecule has 0 saturated heterocycles. The van der Waals surface area contributed by atoms with Crippen molar-refractivity contribution in [3.8, 4) is 0 Å². The highest BCUT2D eigenvalue weighted by atomic mass is 79.9. The fourth-order valence-electron chi connectivity index (χ4n) is 2.40. The van der Waals surface area contributed by atoms with E-state index in [9.17, 15) is 22.8 Å². The van der Waals surface area contributed by atoms with Gasteiger partial charge in [0.1, 0.15) is 6.54 Å². The Bertz CT molecular complexity index is 819. The topological polar surface area (TPSA) is 49.4 Å². The van der Waals surface area contributed by atoms with E-state index in [2.05, 4.69) is 21.2 Å². The van der Waals surface area contributed by atoms with Crippen LogP contribution in [0.3, 0.4) is 0 Å². The standard InChI is InChI=1S/C16H10BrF3N2O2/c17-11-4-1-9(2-5-11)15(24)22-8-14(23)21-12-7-10(16(18,19)20)3-6-13(12)22/h1-7H,8H2,(H,21,23). The quantitative estimate of drug-likeness (QED) is 0.786. The number of benzene rings is 2. The molecule has 0 saturated carbocycles. The summed E-state index contributed by atoms with van der Waals surface area (Å²) in [6.45, 7) is -0.257. The number of carbonyl (C=O) groups excluding carboxylic acids is 2. The molecule has 1 N–H and O–H groups in total. The van der Waals surface area contributed by atoms with Crippen molar-refractivity contribution in [2.75, 3.05) is 16.8 Å². The Hall–Kier alpha value is -2.35. The summed E-state index contributed by atoms with van der Waals surface area (Å²) in [6, 6.07) is 9.39. The van der Waals surface area contributed by atoms with Gasteiger partial charge in [-0.05, 0) is 42.5 Å². The van der Waals surface area contributed by atoms with Crippen molar-refractivity contribution in [2.24, 2.45) is 0 Å². The van der Waals surface area contributed by atoms with Crippen LogP contribution in [-0.4, -0.2) is 18.4 Å². The predicted octanol–water partition coefficient (Wildman–Crippen LogP) is 4.07. The molecule has 0 spiro atoms. The average Bonchev–Trinajstić information content (AvgIpc) is 2.52. The van der Waals surface area contributed by atoms with Crippen molar-refractivity contribution in [1.82, 2.24) is 0 Å². The smallest absolute Gasteiger partial charge is 0.323 e. The number of nitrogens with zero attached hydrogens (tertiary/aromatic N) is 1. The van der Waals surface area contributed by atoms with Gasteiger partial charge in [-0.2, -0.15) is 13.2 Å². The number of hydrogen-bond acceptors (Lipinski definition) is 2. The van der Waals surface area contributed by atoms with Gasteiger partial charge in [0.05, 0.1) is 16.9 Å². The van der Waals surface area contributed by atoms with Gasteiger partial charge in [-0.3, -0.25) is 14.5 Å². The van der Waals surface area contributed by atoms with Gasteiger partial charge in [-0.15, -0.1) is 0 Å². The molecule has 0 aromatic heterocycles. The third kappa shape index (κ3) is 3.14. The van der Waals surface area contributed by atoms with Crippen LogP contribution in [0, 0.1) is 0 Å². The first-order valence-electron chi connectivity index (χ1n) is 6.84. The molecule has 1 aliphatic heterocycles. The van der Waals surface area contributed by atoms with Gasteiger partial charge in [-0.25, -0.2) is 0 Å². The number of halogens is 4. The lowest BCUT2D eigenvalue weighted by Crippen LogP contribution is -2.42. The van der Waals surface area contributed by atoms with Crippen molar-refractivity contribution >= 4 is 39.1 Å². The lowest BCUT2D eigenvalue weighted by Gasteiger charge is -2.29. The Balaban J connectivity index is 2.01. The van der Waals surface area contributed by atoms with Crippen molar-refractivity contribution in [1.29, 1.82) is 0 Å². The number of anilines is 2. The van der Waals surface area contributed by atoms with Crippen LogP contribution in [0.1, 0.15) is 15.9 Å². The van der Waals surface area contributed by atoms with Crippen LogP contribution < -0.4 is 10.2 Å². The van der Waals surface area contributed by atoms with Crippen LogP contribution in [-0.2, 0) is 11.0 Å². The van der Waals surface area contributed by atoms with E-state index in [4.69, 9.17) is 0 Å². The Morgan fingerprint density at radius 3 is 2.42 bits per heavy atom. The van der Waals surface area contributed by atoms with Crippen LogP contribution in [0.15, 0.2) is 46.9 Å². The van der Waals surface area contributed by atoms with Crippen LogP contribution in [0.5, 0.6) is 0 Å². The van der Waals surface area contributed by atoms with Crippen molar-refractivity contribution < 1.29 is 22.8 Å². The maximum atomic E-state index is 12.8. The van der Waals surface area contributed by atoms with E-state index < -0.39 is 23.6 Å². The molecule has 1 aliphatic rings. The molecule has 24 heavy (non-hydrogen) atoms. The maximum absolute atomic E-state index is 12.8. The zero-order valence-corrected chi connectivity index (χ0v) is 13.6. The molecule has 0 bridgehead atoms. The zero-order valence-electron chi connectivity index (χ0n) is 12.0. The number of nitrogens with one attached hydrogen (secondary N) is 1. The van der Waals surface area contributed by atoms with E-state index in [-0.39, 0.29) is 17.9 Å². The average molecular weight is 399 g/mol. The first kappa shape index (κ1) is 16.5. The van der Waals surface area contributed by atoms with Gasteiger partial charge >= 0.3 is 6.18 Å². The van der Waals surface area contributed by atoms with E-state index in [1.54, 1.807) is 24.3 Å². The predicted molar refractivity (Wildman–Crippen MR) is 85.9 cm³/mol. The molecule has 3 rings (SSSR count). The van der Waals surface area contributed by atoms with E-state index in [0.29, 0.717) is 5.56 Å². The van der Waals surface area contributed by atoms with E-state index in [0.717, 1.165) is 21.5 Å². The molecular formula is C16H10BrF3N2O2. The lowest BCUT2D eigenvalue weighted by molar-refractivity contribution is -0.137. The minimum absolute atomic E-state index is 0.0356. The summed E-state index contributed by atoms with van der Waals surface area (Å²) in [6.07, 6.45) is -4.53. The highest BCUT2D eigenvalue weighted by Crippen LogP contribution is 2.37. The van der Waals surface area contributed by atoms with Gasteiger partial charge < -0.3 is 5.32 Å². The highest BCUT2D eigenvalue weighted by Gasteiger charge is 2.34. The molecule has 0 atom stereocenters.